The Kier molecular flexibility index (Phi) is 7.02. The first-order valence-electron chi connectivity index (χ1n) is 9.65. The third-order valence-corrected chi connectivity index (χ3v) is 6.53. The van der Waals surface area contributed by atoms with Crippen molar-refractivity contribution in [1.82, 2.24) is 14.6 Å². The van der Waals surface area contributed by atoms with Gasteiger partial charge in [-0.25, -0.2) is 17.7 Å². The molecule has 0 bridgehead atoms. The van der Waals surface area contributed by atoms with Gasteiger partial charge in [0, 0.05) is 39.0 Å². The van der Waals surface area contributed by atoms with Gasteiger partial charge in [-0.15, -0.1) is 0 Å². The van der Waals surface area contributed by atoms with E-state index in [9.17, 15) is 13.2 Å². The zero-order chi connectivity index (χ0) is 21.6. The van der Waals surface area contributed by atoms with Crippen LogP contribution < -0.4 is 5.32 Å². The number of nitrogens with one attached hydrogen (secondary N) is 1. The fourth-order valence-corrected chi connectivity index (χ4v) is 4.06. The van der Waals surface area contributed by atoms with Crippen molar-refractivity contribution >= 4 is 15.9 Å². The van der Waals surface area contributed by atoms with Crippen molar-refractivity contribution in [3.05, 3.63) is 72.2 Å². The van der Waals surface area contributed by atoms with Crippen LogP contribution in [0.1, 0.15) is 24.3 Å². The average Bonchev–Trinajstić information content (AvgIpc) is 3.22. The summed E-state index contributed by atoms with van der Waals surface area (Å²) in [5.74, 6) is 1.14. The van der Waals surface area contributed by atoms with E-state index in [1.165, 1.54) is 14.1 Å². The first-order valence-corrected chi connectivity index (χ1v) is 11.1. The van der Waals surface area contributed by atoms with Gasteiger partial charge in [0.05, 0.1) is 11.1 Å². The Hall–Kier alpha value is -2.97. The summed E-state index contributed by atoms with van der Waals surface area (Å²) in [6.45, 7) is 0.152. The Morgan fingerprint density at radius 3 is 2.50 bits per heavy atom. The van der Waals surface area contributed by atoms with Gasteiger partial charge in [-0.1, -0.05) is 48.5 Å². The average molecular weight is 428 g/mol. The highest BCUT2D eigenvalue weighted by molar-refractivity contribution is 7.89. The van der Waals surface area contributed by atoms with Gasteiger partial charge in [-0.3, -0.25) is 4.79 Å². The minimum Gasteiger partial charge on any atom is -0.441 e. The molecule has 1 heterocycles. The van der Waals surface area contributed by atoms with E-state index in [1.54, 1.807) is 30.5 Å². The highest BCUT2D eigenvalue weighted by Gasteiger charge is 2.20. The smallest absolute Gasteiger partial charge is 0.242 e. The molecule has 0 atom stereocenters. The summed E-state index contributed by atoms with van der Waals surface area (Å²) in [5.41, 5.74) is 1.51. The van der Waals surface area contributed by atoms with Gasteiger partial charge >= 0.3 is 0 Å². The minimum absolute atomic E-state index is 0.151. The molecule has 3 aromatic rings. The molecule has 0 aliphatic carbocycles. The van der Waals surface area contributed by atoms with Crippen LogP contribution in [0.4, 0.5) is 0 Å². The molecule has 8 heteroatoms. The molecule has 0 unspecified atom stereocenters. The number of hydrogen-bond donors (Lipinski definition) is 1. The Morgan fingerprint density at radius 1 is 1.07 bits per heavy atom. The number of carbonyl (C=O) groups is 1. The predicted octanol–water partition coefficient (Wildman–Crippen LogP) is 3.23. The van der Waals surface area contributed by atoms with Crippen molar-refractivity contribution in [2.75, 3.05) is 14.1 Å². The van der Waals surface area contributed by atoms with E-state index in [4.69, 9.17) is 4.42 Å². The number of oxazole rings is 1. The number of carbonyl (C=O) groups excluding carboxylic acids is 1. The number of nitrogens with zero attached hydrogens (tertiary/aromatic N) is 2. The first kappa shape index (κ1) is 21.7. The molecule has 0 saturated carbocycles. The number of amides is 1. The lowest BCUT2D eigenvalue weighted by Gasteiger charge is -2.15. The Balaban J connectivity index is 1.50. The van der Waals surface area contributed by atoms with Crippen LogP contribution in [0.25, 0.3) is 11.3 Å². The molecule has 0 fully saturated rings. The van der Waals surface area contributed by atoms with Crippen molar-refractivity contribution in [2.45, 2.75) is 30.7 Å². The van der Waals surface area contributed by atoms with Crippen molar-refractivity contribution in [2.24, 2.45) is 0 Å². The molecule has 3 rings (SSSR count). The summed E-state index contributed by atoms with van der Waals surface area (Å²) in [7, 11) is -0.602. The number of aryl methyl sites for hydroxylation is 1. The summed E-state index contributed by atoms with van der Waals surface area (Å²) in [4.78, 5) is 16.7. The van der Waals surface area contributed by atoms with Crippen LogP contribution in [0.15, 0.2) is 70.1 Å². The van der Waals surface area contributed by atoms with E-state index in [1.807, 2.05) is 30.3 Å². The van der Waals surface area contributed by atoms with Crippen LogP contribution in [0.5, 0.6) is 0 Å². The van der Waals surface area contributed by atoms with E-state index in [2.05, 4.69) is 10.3 Å². The van der Waals surface area contributed by atoms with E-state index in [0.717, 1.165) is 9.87 Å². The van der Waals surface area contributed by atoms with Gasteiger partial charge in [-0.05, 0) is 18.1 Å². The minimum atomic E-state index is -3.57. The predicted molar refractivity (Wildman–Crippen MR) is 114 cm³/mol. The fraction of sp³-hybridized carbons (Fsp3) is 0.273. The first-order chi connectivity index (χ1) is 14.4. The Bertz CT molecular complexity index is 1090. The standard InChI is InChI=1S/C22H25N3O4S/c1-25(2)30(27,28)20-12-7-6-11-18(20)15-23-21(26)13-8-14-22-24-16-19(29-22)17-9-4-3-5-10-17/h3-7,9-12,16H,8,13-15H2,1-2H3,(H,23,26). The van der Waals surface area contributed by atoms with Crippen molar-refractivity contribution in [3.8, 4) is 11.3 Å². The number of sulfonamides is 1. The van der Waals surface area contributed by atoms with Crippen LogP contribution in [0, 0.1) is 0 Å². The largest absolute Gasteiger partial charge is 0.441 e. The maximum atomic E-state index is 12.4. The monoisotopic (exact) mass is 427 g/mol. The molecular formula is C22H25N3O4S. The number of benzene rings is 2. The van der Waals surface area contributed by atoms with Gasteiger partial charge in [0.15, 0.2) is 11.7 Å². The third-order valence-electron chi connectivity index (χ3n) is 4.61. The van der Waals surface area contributed by atoms with E-state index in [-0.39, 0.29) is 17.3 Å². The van der Waals surface area contributed by atoms with Crippen LogP contribution in [-0.4, -0.2) is 37.7 Å². The molecule has 0 aliphatic heterocycles. The van der Waals surface area contributed by atoms with Gasteiger partial charge < -0.3 is 9.73 Å². The van der Waals surface area contributed by atoms with Crippen LogP contribution >= 0.6 is 0 Å². The number of hydrogen-bond acceptors (Lipinski definition) is 5. The van der Waals surface area contributed by atoms with Gasteiger partial charge in [0.2, 0.25) is 15.9 Å². The molecule has 30 heavy (non-hydrogen) atoms. The number of rotatable bonds is 9. The quantitative estimate of drug-likeness (QED) is 0.566. The van der Waals surface area contributed by atoms with Crippen LogP contribution in [0.3, 0.4) is 0 Å². The molecule has 0 radical (unpaired) electrons. The zero-order valence-corrected chi connectivity index (χ0v) is 17.9. The lowest BCUT2D eigenvalue weighted by Crippen LogP contribution is -2.27. The third kappa shape index (κ3) is 5.34. The van der Waals surface area contributed by atoms with Crippen LogP contribution in [-0.2, 0) is 27.8 Å². The molecule has 2 aromatic carbocycles. The second kappa shape index (κ2) is 9.69. The maximum absolute atomic E-state index is 12.4. The summed E-state index contributed by atoms with van der Waals surface area (Å²) >= 11 is 0. The molecule has 1 aromatic heterocycles. The van der Waals surface area contributed by atoms with Gasteiger partial charge in [-0.2, -0.15) is 0 Å². The van der Waals surface area contributed by atoms with Gasteiger partial charge in [0.1, 0.15) is 0 Å². The molecule has 1 N–H and O–H groups in total. The lowest BCUT2D eigenvalue weighted by atomic mass is 10.2. The topological polar surface area (TPSA) is 92.5 Å². The molecular weight excluding hydrogens is 402 g/mol. The molecule has 0 spiro atoms. The molecule has 0 aliphatic rings. The van der Waals surface area contributed by atoms with Crippen LogP contribution in [0.2, 0.25) is 0 Å². The van der Waals surface area contributed by atoms with Gasteiger partial charge in [0.25, 0.3) is 0 Å². The second-order valence-corrected chi connectivity index (χ2v) is 9.13. The van der Waals surface area contributed by atoms with Crippen molar-refractivity contribution in [1.29, 1.82) is 0 Å². The molecule has 158 valence electrons. The normalized spacial score (nSPS) is 11.6. The van der Waals surface area contributed by atoms with E-state index in [0.29, 0.717) is 36.5 Å². The highest BCUT2D eigenvalue weighted by Crippen LogP contribution is 2.21. The van der Waals surface area contributed by atoms with Crippen molar-refractivity contribution < 1.29 is 17.6 Å². The molecule has 0 saturated heterocycles. The maximum Gasteiger partial charge on any atom is 0.242 e. The van der Waals surface area contributed by atoms with E-state index < -0.39 is 10.0 Å². The SMILES string of the molecule is CN(C)S(=O)(=O)c1ccccc1CNC(=O)CCCc1ncc(-c2ccccc2)o1. The number of aromatic nitrogens is 1. The summed E-state index contributed by atoms with van der Waals surface area (Å²) in [6, 6.07) is 16.4. The van der Waals surface area contributed by atoms with Crippen molar-refractivity contribution in [3.63, 3.8) is 0 Å². The lowest BCUT2D eigenvalue weighted by molar-refractivity contribution is -0.121. The highest BCUT2D eigenvalue weighted by atomic mass is 32.2. The zero-order valence-electron chi connectivity index (χ0n) is 17.0. The summed E-state index contributed by atoms with van der Waals surface area (Å²) in [6.07, 6.45) is 3.11. The van der Waals surface area contributed by atoms with E-state index >= 15 is 0 Å². The summed E-state index contributed by atoms with van der Waals surface area (Å²) < 4.78 is 31.8. The summed E-state index contributed by atoms with van der Waals surface area (Å²) in [5, 5.41) is 2.79. The molecule has 1 amide bonds. The Morgan fingerprint density at radius 2 is 1.77 bits per heavy atom. The Labute approximate surface area is 176 Å². The second-order valence-electron chi connectivity index (χ2n) is 7.01. The fourth-order valence-electron chi connectivity index (χ4n) is 2.94. The molecule has 7 nitrogen and oxygen atoms in total.